The van der Waals surface area contributed by atoms with Gasteiger partial charge in [-0.25, -0.2) is 4.98 Å². The lowest BCUT2D eigenvalue weighted by Crippen LogP contribution is -2.50. The number of nitrogens with zero attached hydrogens (tertiary/aromatic N) is 4. The average Bonchev–Trinajstić information content (AvgIpc) is 3.35. The van der Waals surface area contributed by atoms with E-state index in [0.717, 1.165) is 54.7 Å². The Morgan fingerprint density at radius 2 is 1.57 bits per heavy atom. The van der Waals surface area contributed by atoms with Gasteiger partial charge in [-0.15, -0.1) is 11.3 Å². The highest BCUT2D eigenvalue weighted by Crippen LogP contribution is 2.29. The number of piperazine rings is 1. The predicted octanol–water partition coefficient (Wildman–Crippen LogP) is 3.11. The van der Waals surface area contributed by atoms with Crippen molar-refractivity contribution in [2.75, 3.05) is 37.7 Å². The first-order chi connectivity index (χ1) is 14.7. The van der Waals surface area contributed by atoms with Gasteiger partial charge in [-0.05, 0) is 12.1 Å². The minimum atomic E-state index is -0.422. The zero-order chi connectivity index (χ0) is 20.5. The molecular formula is C23H22N4O2S. The van der Waals surface area contributed by atoms with Gasteiger partial charge in [0.15, 0.2) is 0 Å². The minimum Gasteiger partial charge on any atom is -0.295 e. The van der Waals surface area contributed by atoms with Gasteiger partial charge in [-0.3, -0.25) is 24.3 Å². The number of hydrogen-bond donors (Lipinski definition) is 0. The molecule has 3 heterocycles. The molecular weight excluding hydrogens is 396 g/mol. The van der Waals surface area contributed by atoms with Gasteiger partial charge in [0.25, 0.3) is 5.78 Å². The monoisotopic (exact) mass is 418 g/mol. The molecule has 1 aromatic heterocycles. The molecule has 0 spiro atoms. The Balaban J connectivity index is 1.17. The van der Waals surface area contributed by atoms with Crippen LogP contribution in [0.3, 0.4) is 0 Å². The SMILES string of the molecule is O=C1C(=O)N(CN2CCN(Cc3csc(-c4ccccc4)n3)CC2)c2ccccc21. The number of anilines is 1. The van der Waals surface area contributed by atoms with Crippen molar-refractivity contribution in [2.24, 2.45) is 0 Å². The van der Waals surface area contributed by atoms with Crippen LogP contribution in [0.4, 0.5) is 5.69 Å². The Kier molecular flexibility index (Phi) is 5.16. The zero-order valence-electron chi connectivity index (χ0n) is 16.5. The first-order valence-corrected chi connectivity index (χ1v) is 11.0. The summed E-state index contributed by atoms with van der Waals surface area (Å²) in [6.07, 6.45) is 0. The van der Waals surface area contributed by atoms with E-state index in [1.165, 1.54) is 0 Å². The second-order valence-corrected chi connectivity index (χ2v) is 8.48. The summed E-state index contributed by atoms with van der Waals surface area (Å²) in [7, 11) is 0. The maximum Gasteiger partial charge on any atom is 0.300 e. The topological polar surface area (TPSA) is 56.8 Å². The Morgan fingerprint density at radius 1 is 0.867 bits per heavy atom. The van der Waals surface area contributed by atoms with Crippen molar-refractivity contribution in [3.05, 3.63) is 71.2 Å². The number of aromatic nitrogens is 1. The number of carbonyl (C=O) groups excluding carboxylic acids is 2. The van der Waals surface area contributed by atoms with Crippen molar-refractivity contribution in [3.8, 4) is 10.6 Å². The summed E-state index contributed by atoms with van der Waals surface area (Å²) in [4.78, 5) is 35.6. The molecule has 0 aliphatic carbocycles. The number of Topliss-reactive ketones (excluding diaryl/α,β-unsaturated/α-hetero) is 1. The predicted molar refractivity (Wildman–Crippen MR) is 118 cm³/mol. The molecule has 1 fully saturated rings. The molecule has 6 nitrogen and oxygen atoms in total. The van der Waals surface area contributed by atoms with Gasteiger partial charge < -0.3 is 0 Å². The van der Waals surface area contributed by atoms with E-state index >= 15 is 0 Å². The summed E-state index contributed by atoms with van der Waals surface area (Å²) in [5, 5.41) is 3.19. The van der Waals surface area contributed by atoms with Crippen LogP contribution < -0.4 is 4.90 Å². The van der Waals surface area contributed by atoms with Gasteiger partial charge in [0, 0.05) is 43.7 Å². The fraction of sp³-hybridized carbons (Fsp3) is 0.261. The lowest BCUT2D eigenvalue weighted by atomic mass is 10.1. The van der Waals surface area contributed by atoms with Crippen LogP contribution in [0.2, 0.25) is 0 Å². The quantitative estimate of drug-likeness (QED) is 0.596. The van der Waals surface area contributed by atoms with E-state index < -0.39 is 11.7 Å². The van der Waals surface area contributed by atoms with E-state index in [1.807, 2.05) is 30.3 Å². The second kappa shape index (κ2) is 8.10. The molecule has 30 heavy (non-hydrogen) atoms. The van der Waals surface area contributed by atoms with Crippen LogP contribution in [0, 0.1) is 0 Å². The van der Waals surface area contributed by atoms with Crippen molar-refractivity contribution >= 4 is 28.7 Å². The average molecular weight is 419 g/mol. The normalized spacial score (nSPS) is 17.5. The number of rotatable bonds is 5. The number of fused-ring (bicyclic) bond motifs is 1. The zero-order valence-corrected chi connectivity index (χ0v) is 17.3. The molecule has 1 amide bonds. The number of benzene rings is 2. The van der Waals surface area contributed by atoms with Gasteiger partial charge in [0.05, 0.1) is 23.6 Å². The highest BCUT2D eigenvalue weighted by atomic mass is 32.1. The summed E-state index contributed by atoms with van der Waals surface area (Å²) in [5.41, 5.74) is 3.50. The van der Waals surface area contributed by atoms with Crippen molar-refractivity contribution in [1.29, 1.82) is 0 Å². The fourth-order valence-electron chi connectivity index (χ4n) is 4.00. The number of ketones is 1. The van der Waals surface area contributed by atoms with Crippen LogP contribution in [-0.2, 0) is 11.3 Å². The molecule has 5 rings (SSSR count). The molecule has 3 aromatic rings. The Labute approximate surface area is 179 Å². The van der Waals surface area contributed by atoms with Crippen molar-refractivity contribution < 1.29 is 9.59 Å². The highest BCUT2D eigenvalue weighted by Gasteiger charge is 2.36. The van der Waals surface area contributed by atoms with Gasteiger partial charge in [-0.1, -0.05) is 42.5 Å². The van der Waals surface area contributed by atoms with Crippen LogP contribution >= 0.6 is 11.3 Å². The minimum absolute atomic E-state index is 0.401. The third-order valence-electron chi connectivity index (χ3n) is 5.64. The van der Waals surface area contributed by atoms with Gasteiger partial charge in [0.1, 0.15) is 5.01 Å². The summed E-state index contributed by atoms with van der Waals surface area (Å²) in [6, 6.07) is 17.5. The Hall–Kier alpha value is -2.87. The van der Waals surface area contributed by atoms with E-state index in [0.29, 0.717) is 12.2 Å². The molecule has 0 bridgehead atoms. The maximum absolute atomic E-state index is 12.4. The number of carbonyl (C=O) groups is 2. The van der Waals surface area contributed by atoms with Crippen LogP contribution in [0.1, 0.15) is 16.1 Å². The van der Waals surface area contributed by atoms with Crippen LogP contribution in [0.15, 0.2) is 60.0 Å². The van der Waals surface area contributed by atoms with E-state index in [4.69, 9.17) is 4.98 Å². The second-order valence-electron chi connectivity index (χ2n) is 7.63. The molecule has 1 saturated heterocycles. The third kappa shape index (κ3) is 3.67. The van der Waals surface area contributed by atoms with Gasteiger partial charge >= 0.3 is 5.91 Å². The van der Waals surface area contributed by atoms with Crippen LogP contribution in [-0.4, -0.2) is 59.3 Å². The standard InChI is InChI=1S/C23H22N4O2S/c28-21-19-8-4-5-9-20(19)27(23(21)29)16-26-12-10-25(11-13-26)14-18-15-30-22(24-18)17-6-2-1-3-7-17/h1-9,15H,10-14,16H2. The number of amides is 1. The van der Waals surface area contributed by atoms with E-state index in [2.05, 4.69) is 27.3 Å². The Morgan fingerprint density at radius 3 is 2.37 bits per heavy atom. The van der Waals surface area contributed by atoms with E-state index in [9.17, 15) is 9.59 Å². The smallest absolute Gasteiger partial charge is 0.295 e. The summed E-state index contributed by atoms with van der Waals surface area (Å²) < 4.78 is 0. The van der Waals surface area contributed by atoms with Crippen LogP contribution in [0.25, 0.3) is 10.6 Å². The van der Waals surface area contributed by atoms with Crippen molar-refractivity contribution in [3.63, 3.8) is 0 Å². The van der Waals surface area contributed by atoms with Crippen LogP contribution in [0.5, 0.6) is 0 Å². The molecule has 2 aliphatic heterocycles. The Bertz CT molecular complexity index is 1070. The largest absolute Gasteiger partial charge is 0.300 e. The number of thiazole rings is 1. The lowest BCUT2D eigenvalue weighted by molar-refractivity contribution is -0.114. The lowest BCUT2D eigenvalue weighted by Gasteiger charge is -2.36. The molecule has 0 radical (unpaired) electrons. The molecule has 7 heteroatoms. The summed E-state index contributed by atoms with van der Waals surface area (Å²) in [6.45, 7) is 4.84. The third-order valence-corrected chi connectivity index (χ3v) is 6.58. The number of hydrogen-bond acceptors (Lipinski definition) is 6. The van der Waals surface area contributed by atoms with Gasteiger partial charge in [0.2, 0.25) is 0 Å². The van der Waals surface area contributed by atoms with Crippen molar-refractivity contribution in [2.45, 2.75) is 6.54 Å². The molecule has 2 aliphatic rings. The molecule has 2 aromatic carbocycles. The molecule has 152 valence electrons. The molecule has 0 N–H and O–H groups in total. The summed E-state index contributed by atoms with van der Waals surface area (Å²) in [5.74, 6) is -0.823. The first-order valence-electron chi connectivity index (χ1n) is 10.1. The molecule has 0 saturated carbocycles. The van der Waals surface area contributed by atoms with E-state index in [1.54, 1.807) is 28.4 Å². The summed E-state index contributed by atoms with van der Waals surface area (Å²) >= 11 is 1.68. The first kappa shape index (κ1) is 19.1. The van der Waals surface area contributed by atoms with E-state index in [-0.39, 0.29) is 0 Å². The van der Waals surface area contributed by atoms with Gasteiger partial charge in [-0.2, -0.15) is 0 Å². The highest BCUT2D eigenvalue weighted by molar-refractivity contribution is 7.13. The fourth-order valence-corrected chi connectivity index (χ4v) is 4.82. The molecule has 0 atom stereocenters. The number of para-hydroxylation sites is 1. The van der Waals surface area contributed by atoms with Crippen molar-refractivity contribution in [1.82, 2.24) is 14.8 Å². The maximum atomic E-state index is 12.4. The molecule has 0 unspecified atom stereocenters.